The van der Waals surface area contributed by atoms with Gasteiger partial charge in [0.2, 0.25) is 0 Å². The van der Waals surface area contributed by atoms with Gasteiger partial charge in [-0.05, 0) is 0 Å². The Bertz CT molecular complexity index is 169. The minimum Gasteiger partial charge on any atom is -0.461 e. The first-order valence-electron chi connectivity index (χ1n) is 3.25. The first-order valence-corrected chi connectivity index (χ1v) is 3.70. The lowest BCUT2D eigenvalue weighted by Gasteiger charge is -2.06. The number of ether oxygens (including phenoxy) is 1. The van der Waals surface area contributed by atoms with Gasteiger partial charge in [0.25, 0.3) is 0 Å². The van der Waals surface area contributed by atoms with E-state index in [-0.39, 0.29) is 19.6 Å². The average Bonchev–Trinajstić information content (AvgIpc) is 1.98. The number of carbonyl (C=O) groups excluding carboxylic acids is 2. The highest BCUT2D eigenvalue weighted by molar-refractivity contribution is 7.96. The van der Waals surface area contributed by atoms with Gasteiger partial charge in [-0.3, -0.25) is 4.79 Å². The molecule has 12 heavy (non-hydrogen) atoms. The number of rotatable bonds is 5. The maximum Gasteiger partial charge on any atom is 0.335 e. The molecule has 0 spiro atoms. The van der Waals surface area contributed by atoms with E-state index in [4.69, 9.17) is 10.2 Å². The summed E-state index contributed by atoms with van der Waals surface area (Å²) in [6.07, 6.45) is -1.87. The van der Waals surface area contributed by atoms with Crippen LogP contribution < -0.4 is 0 Å². The summed E-state index contributed by atoms with van der Waals surface area (Å²) >= 11 is 3.37. The van der Waals surface area contributed by atoms with Gasteiger partial charge in [0.1, 0.15) is 6.61 Å². The molecule has 0 saturated heterocycles. The summed E-state index contributed by atoms with van der Waals surface area (Å²) in [4.78, 5) is 20.9. The molecule has 1 atom stereocenters. The average molecular weight is 194 g/mol. The van der Waals surface area contributed by atoms with Crippen LogP contribution in [0, 0.1) is 0 Å². The quantitative estimate of drug-likeness (QED) is 0.375. The molecule has 5 nitrogen and oxygen atoms in total. The summed E-state index contributed by atoms with van der Waals surface area (Å²) in [5.41, 5.74) is 0. The third-order valence-corrected chi connectivity index (χ3v) is 1.16. The number of esters is 1. The standard InChI is InChI=1S/C6H10O5S/c7-1-2-11-6(10)4(8)3-5(9)12/h4,7-8H,1-3H2,(H,9,12). The van der Waals surface area contributed by atoms with Gasteiger partial charge in [-0.1, -0.05) is 0 Å². The number of aliphatic hydroxyl groups is 2. The second-order valence-corrected chi connectivity index (χ2v) is 2.50. The fraction of sp³-hybridized carbons (Fsp3) is 0.667. The number of hydrogen-bond donors (Lipinski definition) is 3. The van der Waals surface area contributed by atoms with Crippen LogP contribution in [-0.4, -0.2) is 40.6 Å². The van der Waals surface area contributed by atoms with Crippen LogP contribution in [0.3, 0.4) is 0 Å². The summed E-state index contributed by atoms with van der Waals surface area (Å²) in [6.45, 7) is -0.496. The third-order valence-electron chi connectivity index (χ3n) is 0.976. The first-order chi connectivity index (χ1) is 5.57. The summed E-state index contributed by atoms with van der Waals surface area (Å²) < 4.78 is 4.33. The van der Waals surface area contributed by atoms with Gasteiger partial charge in [0.15, 0.2) is 11.2 Å². The Hall–Kier alpha value is -0.590. The van der Waals surface area contributed by atoms with Gasteiger partial charge < -0.3 is 14.9 Å². The Morgan fingerprint density at radius 1 is 1.50 bits per heavy atom. The fourth-order valence-corrected chi connectivity index (χ4v) is 0.664. The normalized spacial score (nSPS) is 12.2. The van der Waals surface area contributed by atoms with Gasteiger partial charge in [-0.25, -0.2) is 4.79 Å². The molecule has 0 rings (SSSR count). The lowest BCUT2D eigenvalue weighted by molar-refractivity contribution is -0.155. The van der Waals surface area contributed by atoms with Crippen LogP contribution in [0.5, 0.6) is 0 Å². The Morgan fingerprint density at radius 2 is 2.08 bits per heavy atom. The zero-order chi connectivity index (χ0) is 9.56. The van der Waals surface area contributed by atoms with Gasteiger partial charge in [-0.15, -0.1) is 12.6 Å². The molecule has 0 aromatic carbocycles. The van der Waals surface area contributed by atoms with E-state index in [0.29, 0.717) is 0 Å². The lowest BCUT2D eigenvalue weighted by Crippen LogP contribution is -2.25. The third kappa shape index (κ3) is 5.11. The van der Waals surface area contributed by atoms with Crippen molar-refractivity contribution in [3.8, 4) is 0 Å². The van der Waals surface area contributed by atoms with Crippen molar-refractivity contribution in [1.82, 2.24) is 0 Å². The predicted octanol–water partition coefficient (Wildman–Crippen LogP) is -1.27. The first kappa shape index (κ1) is 11.4. The molecule has 0 heterocycles. The van der Waals surface area contributed by atoms with Crippen molar-refractivity contribution >= 4 is 23.7 Å². The molecule has 0 bridgehead atoms. The molecule has 1 unspecified atom stereocenters. The molecule has 2 N–H and O–H groups in total. The van der Waals surface area contributed by atoms with E-state index in [9.17, 15) is 9.59 Å². The molecule has 0 aromatic heterocycles. The van der Waals surface area contributed by atoms with Crippen LogP contribution in [0.25, 0.3) is 0 Å². The molecule has 0 aliphatic carbocycles. The van der Waals surface area contributed by atoms with Crippen molar-refractivity contribution in [2.75, 3.05) is 13.2 Å². The Balaban J connectivity index is 3.69. The number of carbonyl (C=O) groups is 2. The van der Waals surface area contributed by atoms with Crippen LogP contribution in [0.1, 0.15) is 6.42 Å². The molecule has 0 aliphatic rings. The zero-order valence-corrected chi connectivity index (χ0v) is 7.16. The highest BCUT2D eigenvalue weighted by Gasteiger charge is 2.18. The molecule has 0 saturated carbocycles. The minimum atomic E-state index is -1.48. The molecule has 6 heteroatoms. The monoisotopic (exact) mass is 194 g/mol. The maximum absolute atomic E-state index is 10.7. The van der Waals surface area contributed by atoms with Gasteiger partial charge in [-0.2, -0.15) is 0 Å². The molecular formula is C6H10O5S. The Kier molecular flexibility index (Phi) is 5.69. The van der Waals surface area contributed by atoms with E-state index < -0.39 is 17.2 Å². The topological polar surface area (TPSA) is 83.8 Å². The highest BCUT2D eigenvalue weighted by atomic mass is 32.1. The molecular weight excluding hydrogens is 184 g/mol. The lowest BCUT2D eigenvalue weighted by atomic mass is 10.3. The zero-order valence-electron chi connectivity index (χ0n) is 6.27. The summed E-state index contributed by atoms with van der Waals surface area (Å²) in [6, 6.07) is 0. The predicted molar refractivity (Wildman–Crippen MR) is 42.7 cm³/mol. The molecule has 0 radical (unpaired) electrons. The van der Waals surface area contributed by atoms with Crippen LogP contribution in [0.2, 0.25) is 0 Å². The summed E-state index contributed by atoms with van der Waals surface area (Å²) in [5.74, 6) is -0.925. The molecule has 0 aromatic rings. The smallest absolute Gasteiger partial charge is 0.335 e. The number of thiol groups is 1. The molecule has 70 valence electrons. The van der Waals surface area contributed by atoms with Gasteiger partial charge in [0, 0.05) is 0 Å². The van der Waals surface area contributed by atoms with Gasteiger partial charge >= 0.3 is 5.97 Å². The Labute approximate surface area is 74.7 Å². The van der Waals surface area contributed by atoms with E-state index in [2.05, 4.69) is 17.4 Å². The largest absolute Gasteiger partial charge is 0.461 e. The summed E-state index contributed by atoms with van der Waals surface area (Å²) in [5, 5.41) is 16.5. The maximum atomic E-state index is 10.7. The van der Waals surface area contributed by atoms with E-state index >= 15 is 0 Å². The van der Waals surface area contributed by atoms with E-state index in [0.717, 1.165) is 0 Å². The second-order valence-electron chi connectivity index (χ2n) is 2.00. The van der Waals surface area contributed by atoms with Crippen LogP contribution in [-0.2, 0) is 14.3 Å². The SMILES string of the molecule is O=C(S)CC(O)C(=O)OCCO. The Morgan fingerprint density at radius 3 is 2.50 bits per heavy atom. The molecule has 0 aliphatic heterocycles. The van der Waals surface area contributed by atoms with E-state index in [1.807, 2.05) is 0 Å². The number of aliphatic hydroxyl groups excluding tert-OH is 2. The van der Waals surface area contributed by atoms with E-state index in [1.165, 1.54) is 0 Å². The molecule has 0 fully saturated rings. The van der Waals surface area contributed by atoms with Crippen LogP contribution in [0.15, 0.2) is 0 Å². The number of hydrogen-bond acceptors (Lipinski definition) is 5. The van der Waals surface area contributed by atoms with Crippen molar-refractivity contribution in [2.24, 2.45) is 0 Å². The van der Waals surface area contributed by atoms with Crippen LogP contribution in [0.4, 0.5) is 0 Å². The van der Waals surface area contributed by atoms with Crippen molar-refractivity contribution in [2.45, 2.75) is 12.5 Å². The van der Waals surface area contributed by atoms with Crippen molar-refractivity contribution in [3.63, 3.8) is 0 Å². The van der Waals surface area contributed by atoms with E-state index in [1.54, 1.807) is 0 Å². The fourth-order valence-electron chi connectivity index (χ4n) is 0.491. The minimum absolute atomic E-state index is 0.184. The van der Waals surface area contributed by atoms with Crippen molar-refractivity contribution in [3.05, 3.63) is 0 Å². The van der Waals surface area contributed by atoms with Gasteiger partial charge in [0.05, 0.1) is 13.0 Å². The molecule has 0 amide bonds. The van der Waals surface area contributed by atoms with Crippen molar-refractivity contribution in [1.29, 1.82) is 0 Å². The summed E-state index contributed by atoms with van der Waals surface area (Å²) in [7, 11) is 0. The highest BCUT2D eigenvalue weighted by Crippen LogP contribution is 1.98. The van der Waals surface area contributed by atoms with Crippen LogP contribution >= 0.6 is 12.6 Å². The van der Waals surface area contributed by atoms with Crippen molar-refractivity contribution < 1.29 is 24.5 Å². The second kappa shape index (κ2) is 5.99.